The molecule has 0 saturated carbocycles. The molecule has 282 valence electrons. The van der Waals surface area contributed by atoms with Crippen LogP contribution >= 0.6 is 20.3 Å². The molecule has 5 rings (SSSR count). The fraction of sp³-hybridized carbons (Fsp3) is 0.425. The SMILES string of the molecule is Cc1cn([C@H]2C[C@H](OP(OCCC#N)N(C(C)C)C(C)C)[C@@H](CSCc3ccc(OCc4ccccc4)c(OCc4ccccc4)c3)O2)c(=O)[nH]c1=O. The summed E-state index contributed by atoms with van der Waals surface area (Å²) in [5, 5.41) is 9.20. The first-order valence-corrected chi connectivity index (χ1v) is 20.2. The summed E-state index contributed by atoms with van der Waals surface area (Å²) in [7, 11) is -1.55. The molecule has 0 bridgehead atoms. The molecule has 0 amide bonds. The van der Waals surface area contributed by atoms with Crippen LogP contribution in [0.2, 0.25) is 0 Å². The van der Waals surface area contributed by atoms with Gasteiger partial charge in [-0.15, -0.1) is 0 Å². The van der Waals surface area contributed by atoms with Gasteiger partial charge in [-0.25, -0.2) is 9.46 Å². The molecule has 4 aromatic rings. The van der Waals surface area contributed by atoms with Crippen LogP contribution in [0.1, 0.15) is 69.0 Å². The van der Waals surface area contributed by atoms with Gasteiger partial charge in [-0.3, -0.25) is 14.3 Å². The summed E-state index contributed by atoms with van der Waals surface area (Å²) in [6.45, 7) is 11.1. The smallest absolute Gasteiger partial charge is 0.330 e. The Balaban J connectivity index is 1.33. The van der Waals surface area contributed by atoms with E-state index >= 15 is 0 Å². The average molecular weight is 761 g/mol. The van der Waals surface area contributed by atoms with Crippen LogP contribution in [0.5, 0.6) is 11.5 Å². The molecule has 2 heterocycles. The topological polar surface area (TPSA) is 128 Å². The molecule has 0 spiro atoms. The summed E-state index contributed by atoms with van der Waals surface area (Å²) in [5.74, 6) is 2.56. The van der Waals surface area contributed by atoms with Crippen LogP contribution in [-0.4, -0.2) is 50.9 Å². The first kappa shape index (κ1) is 40.2. The predicted molar refractivity (Wildman–Crippen MR) is 209 cm³/mol. The predicted octanol–water partition coefficient (Wildman–Crippen LogP) is 7.89. The molecule has 1 aliphatic rings. The molecular weight excluding hydrogens is 712 g/mol. The van der Waals surface area contributed by atoms with E-state index in [9.17, 15) is 14.9 Å². The number of nitrogens with zero attached hydrogens (tertiary/aromatic N) is 3. The molecule has 1 N–H and O–H groups in total. The first-order chi connectivity index (χ1) is 25.6. The zero-order chi connectivity index (χ0) is 37.7. The van der Waals surface area contributed by atoms with E-state index in [1.807, 2.05) is 78.9 Å². The Kier molecular flexibility index (Phi) is 15.1. The van der Waals surface area contributed by atoms with Crippen molar-refractivity contribution >= 4 is 20.3 Å². The van der Waals surface area contributed by atoms with E-state index in [4.69, 9.17) is 23.3 Å². The maximum absolute atomic E-state index is 12.9. The van der Waals surface area contributed by atoms with E-state index in [1.54, 1.807) is 18.7 Å². The van der Waals surface area contributed by atoms with Crippen molar-refractivity contribution in [2.45, 2.75) is 96.9 Å². The third-order valence-electron chi connectivity index (χ3n) is 8.56. The number of rotatable bonds is 19. The standard InChI is InChI=1S/C40H49N4O7PS/c1-28(2)44(29(3)4)52(49-20-12-19-41)51-36-22-38(43-23-30(5)39(45)42-40(43)46)50-37(36)27-53-26-33-17-18-34(47-24-31-13-8-6-9-14-31)35(21-33)48-25-32-15-10-7-11-16-32/h6-11,13-18,21,23,28-29,36-38H,12,20,22,24-27H2,1-5H3,(H,42,45,46)/t36-,37+,38+,52?/m0/s1. The summed E-state index contributed by atoms with van der Waals surface area (Å²) < 4.78 is 35.7. The van der Waals surface area contributed by atoms with Crippen molar-refractivity contribution < 1.29 is 23.3 Å². The highest BCUT2D eigenvalue weighted by Gasteiger charge is 2.41. The number of thioether (sulfide) groups is 1. The van der Waals surface area contributed by atoms with Gasteiger partial charge in [0.25, 0.3) is 14.1 Å². The lowest BCUT2D eigenvalue weighted by Gasteiger charge is -2.37. The zero-order valence-corrected chi connectivity index (χ0v) is 32.7. The van der Waals surface area contributed by atoms with E-state index in [0.717, 1.165) is 16.7 Å². The molecule has 1 saturated heterocycles. The van der Waals surface area contributed by atoms with Crippen LogP contribution in [-0.2, 0) is 32.8 Å². The second kappa shape index (κ2) is 19.9. The molecule has 4 atom stereocenters. The minimum Gasteiger partial charge on any atom is -0.485 e. The van der Waals surface area contributed by atoms with Gasteiger partial charge in [0.1, 0.15) is 19.4 Å². The second-order valence-electron chi connectivity index (χ2n) is 13.4. The number of hydrogen-bond acceptors (Lipinski definition) is 10. The molecule has 13 heteroatoms. The largest absolute Gasteiger partial charge is 0.485 e. The van der Waals surface area contributed by atoms with Gasteiger partial charge >= 0.3 is 5.69 Å². The van der Waals surface area contributed by atoms with Crippen molar-refractivity contribution in [3.8, 4) is 17.6 Å². The average Bonchev–Trinajstić information content (AvgIpc) is 3.54. The van der Waals surface area contributed by atoms with Crippen molar-refractivity contribution in [1.82, 2.24) is 14.2 Å². The molecule has 0 radical (unpaired) electrons. The summed E-state index contributed by atoms with van der Waals surface area (Å²) in [4.78, 5) is 27.4. The van der Waals surface area contributed by atoms with Gasteiger partial charge in [0, 0.05) is 41.8 Å². The monoisotopic (exact) mass is 760 g/mol. The Morgan fingerprint density at radius 3 is 2.21 bits per heavy atom. The fourth-order valence-electron chi connectivity index (χ4n) is 5.98. The number of aromatic amines is 1. The maximum atomic E-state index is 12.9. The van der Waals surface area contributed by atoms with Crippen molar-refractivity contribution in [3.63, 3.8) is 0 Å². The Morgan fingerprint density at radius 1 is 0.943 bits per heavy atom. The van der Waals surface area contributed by atoms with E-state index in [2.05, 4.69) is 43.4 Å². The molecular formula is C40H49N4O7PS. The van der Waals surface area contributed by atoms with Crippen molar-refractivity contribution in [2.75, 3.05) is 12.4 Å². The fourth-order valence-corrected chi connectivity index (χ4v) is 8.80. The van der Waals surface area contributed by atoms with Crippen molar-refractivity contribution in [1.29, 1.82) is 5.26 Å². The minimum absolute atomic E-state index is 0.122. The number of H-pyrrole nitrogens is 1. The molecule has 1 fully saturated rings. The van der Waals surface area contributed by atoms with Crippen LogP contribution in [0.3, 0.4) is 0 Å². The number of aromatic nitrogens is 2. The number of aryl methyl sites for hydroxylation is 1. The van der Waals surface area contributed by atoms with Crippen molar-refractivity contribution in [2.24, 2.45) is 0 Å². The highest BCUT2D eigenvalue weighted by Crippen LogP contribution is 2.50. The summed E-state index contributed by atoms with van der Waals surface area (Å²) in [6, 6.07) is 28.5. The molecule has 1 aromatic heterocycles. The first-order valence-electron chi connectivity index (χ1n) is 17.9. The van der Waals surface area contributed by atoms with Gasteiger partial charge in [-0.1, -0.05) is 66.7 Å². The molecule has 3 aromatic carbocycles. The van der Waals surface area contributed by atoms with E-state index < -0.39 is 38.2 Å². The second-order valence-corrected chi connectivity index (χ2v) is 15.8. The molecule has 1 unspecified atom stereocenters. The Hall–Kier alpha value is -3.95. The molecule has 0 aliphatic carbocycles. The number of hydrogen-bond donors (Lipinski definition) is 1. The third kappa shape index (κ3) is 11.5. The lowest BCUT2D eigenvalue weighted by Crippen LogP contribution is -2.36. The summed E-state index contributed by atoms with van der Waals surface area (Å²) in [6.07, 6.45) is 0.712. The summed E-state index contributed by atoms with van der Waals surface area (Å²) >= 11 is 1.69. The van der Waals surface area contributed by atoms with Crippen LogP contribution < -0.4 is 20.7 Å². The van der Waals surface area contributed by atoms with Gasteiger partial charge in [0.15, 0.2) is 11.5 Å². The lowest BCUT2D eigenvalue weighted by molar-refractivity contribution is -0.00636. The number of nitrogens with one attached hydrogen (secondary N) is 1. The van der Waals surface area contributed by atoms with Gasteiger partial charge in [-0.05, 0) is 63.4 Å². The highest BCUT2D eigenvalue weighted by molar-refractivity contribution is 7.98. The Bertz CT molecular complexity index is 1890. The van der Waals surface area contributed by atoms with Crippen LogP contribution in [0, 0.1) is 18.3 Å². The number of nitriles is 1. The van der Waals surface area contributed by atoms with Gasteiger partial charge in [0.2, 0.25) is 0 Å². The number of ether oxygens (including phenoxy) is 3. The van der Waals surface area contributed by atoms with Crippen LogP contribution in [0.15, 0.2) is 94.6 Å². The quantitative estimate of drug-likeness (QED) is 0.0745. The van der Waals surface area contributed by atoms with Crippen LogP contribution in [0.25, 0.3) is 0 Å². The summed E-state index contributed by atoms with van der Waals surface area (Å²) in [5.41, 5.74) is 2.63. The molecule has 53 heavy (non-hydrogen) atoms. The third-order valence-corrected chi connectivity index (χ3v) is 11.8. The van der Waals surface area contributed by atoms with Crippen molar-refractivity contribution in [3.05, 3.63) is 128 Å². The highest BCUT2D eigenvalue weighted by atomic mass is 32.2. The molecule has 1 aliphatic heterocycles. The van der Waals surface area contributed by atoms with E-state index in [1.165, 1.54) is 10.8 Å². The lowest BCUT2D eigenvalue weighted by atomic mass is 10.2. The number of benzene rings is 3. The maximum Gasteiger partial charge on any atom is 0.330 e. The molecule has 11 nitrogen and oxygen atoms in total. The van der Waals surface area contributed by atoms with E-state index in [0.29, 0.717) is 48.2 Å². The van der Waals surface area contributed by atoms with E-state index in [-0.39, 0.29) is 25.1 Å². The minimum atomic E-state index is -1.55. The Labute approximate surface area is 317 Å². The normalized spacial score (nSPS) is 17.7. The van der Waals surface area contributed by atoms with Crippen LogP contribution in [0.4, 0.5) is 0 Å². The van der Waals surface area contributed by atoms with Gasteiger partial charge in [0.05, 0.1) is 31.3 Å². The zero-order valence-electron chi connectivity index (χ0n) is 31.0. The van der Waals surface area contributed by atoms with Gasteiger partial charge < -0.3 is 23.3 Å². The Morgan fingerprint density at radius 2 is 1.58 bits per heavy atom. The van der Waals surface area contributed by atoms with Gasteiger partial charge in [-0.2, -0.15) is 17.0 Å².